The maximum absolute atomic E-state index is 5.63. The fourth-order valence-electron chi connectivity index (χ4n) is 1.82. The summed E-state index contributed by atoms with van der Waals surface area (Å²) in [5, 5.41) is 0. The molecule has 5 heteroatoms. The second-order valence-corrected chi connectivity index (χ2v) is 4.20. The normalized spacial score (nSPS) is 10.2. The minimum atomic E-state index is 0.321. The molecule has 2 aromatic heterocycles. The molecule has 0 bridgehead atoms. The summed E-state index contributed by atoms with van der Waals surface area (Å²) < 4.78 is 5.63. The lowest BCUT2D eigenvalue weighted by Gasteiger charge is -2.08. The Morgan fingerprint density at radius 1 is 0.950 bits per heavy atom. The highest BCUT2D eigenvalue weighted by atomic mass is 16.5. The number of aryl methyl sites for hydroxylation is 1. The Labute approximate surface area is 116 Å². The number of ether oxygens (including phenoxy) is 1. The molecule has 0 saturated heterocycles. The first-order chi connectivity index (χ1) is 9.83. The third-order valence-electron chi connectivity index (χ3n) is 2.80. The van der Waals surface area contributed by atoms with Crippen LogP contribution < -0.4 is 4.74 Å². The predicted molar refractivity (Wildman–Crippen MR) is 74.3 cm³/mol. The summed E-state index contributed by atoms with van der Waals surface area (Å²) in [7, 11) is 0. The van der Waals surface area contributed by atoms with Crippen LogP contribution in [0.25, 0.3) is 11.3 Å². The smallest absolute Gasteiger partial charge is 0.321 e. The summed E-state index contributed by atoms with van der Waals surface area (Å²) in [5.74, 6) is 0.669. The Hall–Kier alpha value is -2.82. The molecule has 2 heterocycles. The van der Waals surface area contributed by atoms with Gasteiger partial charge in [-0.2, -0.15) is 0 Å². The third kappa shape index (κ3) is 2.61. The predicted octanol–water partition coefficient (Wildman–Crippen LogP) is 3.03. The van der Waals surface area contributed by atoms with Gasteiger partial charge < -0.3 is 4.74 Å². The first kappa shape index (κ1) is 12.2. The van der Waals surface area contributed by atoms with E-state index in [0.717, 1.165) is 16.8 Å². The van der Waals surface area contributed by atoms with Crippen molar-refractivity contribution in [2.75, 3.05) is 0 Å². The minimum Gasteiger partial charge on any atom is -0.424 e. The first-order valence-corrected chi connectivity index (χ1v) is 6.15. The van der Waals surface area contributed by atoms with Gasteiger partial charge in [0.05, 0.1) is 11.9 Å². The Morgan fingerprint density at radius 2 is 1.80 bits per heavy atom. The topological polar surface area (TPSA) is 60.8 Å². The van der Waals surface area contributed by atoms with Gasteiger partial charge in [0.1, 0.15) is 5.75 Å². The van der Waals surface area contributed by atoms with E-state index in [-0.39, 0.29) is 0 Å². The van der Waals surface area contributed by atoms with Crippen molar-refractivity contribution >= 4 is 0 Å². The van der Waals surface area contributed by atoms with E-state index in [4.69, 9.17) is 4.74 Å². The van der Waals surface area contributed by atoms with Gasteiger partial charge in [0, 0.05) is 30.4 Å². The van der Waals surface area contributed by atoms with Crippen LogP contribution in [0.5, 0.6) is 11.8 Å². The average Bonchev–Trinajstić information content (AvgIpc) is 2.51. The van der Waals surface area contributed by atoms with Crippen LogP contribution in [0, 0.1) is 6.92 Å². The number of benzene rings is 1. The second kappa shape index (κ2) is 5.44. The van der Waals surface area contributed by atoms with E-state index in [2.05, 4.69) is 19.9 Å². The zero-order chi connectivity index (χ0) is 13.8. The van der Waals surface area contributed by atoms with Crippen LogP contribution >= 0.6 is 0 Å². The van der Waals surface area contributed by atoms with E-state index in [1.807, 2.05) is 25.1 Å². The fourth-order valence-corrected chi connectivity index (χ4v) is 1.82. The highest BCUT2D eigenvalue weighted by Crippen LogP contribution is 2.27. The molecule has 0 N–H and O–H groups in total. The molecule has 0 atom stereocenters. The number of rotatable bonds is 3. The van der Waals surface area contributed by atoms with Crippen molar-refractivity contribution in [3.05, 3.63) is 60.8 Å². The maximum Gasteiger partial charge on any atom is 0.321 e. The van der Waals surface area contributed by atoms with Crippen molar-refractivity contribution in [2.45, 2.75) is 6.92 Å². The molecule has 20 heavy (non-hydrogen) atoms. The van der Waals surface area contributed by atoms with Gasteiger partial charge in [0.15, 0.2) is 0 Å². The zero-order valence-corrected chi connectivity index (χ0v) is 10.9. The Bertz CT molecular complexity index is 702. The highest BCUT2D eigenvalue weighted by molar-refractivity contribution is 5.64. The third-order valence-corrected chi connectivity index (χ3v) is 2.80. The molecule has 0 fully saturated rings. The van der Waals surface area contributed by atoms with E-state index in [0.29, 0.717) is 11.8 Å². The van der Waals surface area contributed by atoms with Crippen molar-refractivity contribution in [3.63, 3.8) is 0 Å². The van der Waals surface area contributed by atoms with Gasteiger partial charge in [0.25, 0.3) is 0 Å². The Morgan fingerprint density at radius 3 is 2.55 bits per heavy atom. The molecule has 3 aromatic rings. The largest absolute Gasteiger partial charge is 0.424 e. The Kier molecular flexibility index (Phi) is 3.33. The van der Waals surface area contributed by atoms with Crippen molar-refractivity contribution in [2.24, 2.45) is 0 Å². The van der Waals surface area contributed by atoms with Crippen molar-refractivity contribution < 1.29 is 4.74 Å². The van der Waals surface area contributed by atoms with Crippen LogP contribution in [0.15, 0.2) is 55.2 Å². The molecule has 1 aromatic carbocycles. The lowest BCUT2D eigenvalue weighted by atomic mass is 10.1. The summed E-state index contributed by atoms with van der Waals surface area (Å²) in [6.07, 6.45) is 8.32. The zero-order valence-electron chi connectivity index (χ0n) is 10.9. The molecule has 0 saturated carbocycles. The number of nitrogens with zero attached hydrogens (tertiary/aromatic N) is 4. The molecule has 0 aliphatic rings. The van der Waals surface area contributed by atoms with Crippen LogP contribution in [0.3, 0.4) is 0 Å². The van der Waals surface area contributed by atoms with Gasteiger partial charge in [-0.05, 0) is 30.7 Å². The van der Waals surface area contributed by atoms with Crippen molar-refractivity contribution in [1.82, 2.24) is 19.9 Å². The van der Waals surface area contributed by atoms with Crippen LogP contribution in [0.1, 0.15) is 5.56 Å². The molecule has 0 unspecified atom stereocenters. The van der Waals surface area contributed by atoms with Crippen molar-refractivity contribution in [1.29, 1.82) is 0 Å². The fraction of sp³-hybridized carbons (Fsp3) is 0.0667. The number of hydrogen-bond acceptors (Lipinski definition) is 5. The van der Waals surface area contributed by atoms with E-state index >= 15 is 0 Å². The lowest BCUT2D eigenvalue weighted by Crippen LogP contribution is -1.93. The molecule has 0 aliphatic heterocycles. The second-order valence-electron chi connectivity index (χ2n) is 4.20. The average molecular weight is 264 g/mol. The molecule has 0 spiro atoms. The Balaban J connectivity index is 1.95. The quantitative estimate of drug-likeness (QED) is 0.727. The van der Waals surface area contributed by atoms with Gasteiger partial charge in [-0.3, -0.25) is 9.97 Å². The van der Waals surface area contributed by atoms with Gasteiger partial charge in [0.2, 0.25) is 0 Å². The van der Waals surface area contributed by atoms with Crippen LogP contribution in [0.4, 0.5) is 0 Å². The van der Waals surface area contributed by atoms with Gasteiger partial charge in [-0.1, -0.05) is 6.07 Å². The molecule has 0 amide bonds. The summed E-state index contributed by atoms with van der Waals surface area (Å²) in [6, 6.07) is 7.83. The maximum atomic E-state index is 5.63. The number of aromatic nitrogens is 4. The van der Waals surface area contributed by atoms with Gasteiger partial charge in [-0.15, -0.1) is 0 Å². The summed E-state index contributed by atoms with van der Waals surface area (Å²) >= 11 is 0. The lowest BCUT2D eigenvalue weighted by molar-refractivity contribution is 0.442. The standard InChI is InChI=1S/C15H12N4O/c1-11-3-4-12(20-15-18-5-2-6-19-15)9-13(11)14-10-16-7-8-17-14/h2-10H,1H3. The van der Waals surface area contributed by atoms with E-state index in [1.165, 1.54) is 0 Å². The molecular weight excluding hydrogens is 252 g/mol. The van der Waals surface area contributed by atoms with E-state index in [9.17, 15) is 0 Å². The summed E-state index contributed by atoms with van der Waals surface area (Å²) in [6.45, 7) is 2.02. The van der Waals surface area contributed by atoms with Crippen LogP contribution in [-0.4, -0.2) is 19.9 Å². The van der Waals surface area contributed by atoms with E-state index < -0.39 is 0 Å². The number of hydrogen-bond donors (Lipinski definition) is 0. The van der Waals surface area contributed by atoms with Gasteiger partial charge >= 0.3 is 6.01 Å². The SMILES string of the molecule is Cc1ccc(Oc2ncccn2)cc1-c1cnccn1. The molecule has 3 rings (SSSR count). The molecule has 0 radical (unpaired) electrons. The summed E-state index contributed by atoms with van der Waals surface area (Å²) in [4.78, 5) is 16.5. The molecule has 5 nitrogen and oxygen atoms in total. The first-order valence-electron chi connectivity index (χ1n) is 6.15. The van der Waals surface area contributed by atoms with Gasteiger partial charge in [-0.25, -0.2) is 9.97 Å². The van der Waals surface area contributed by atoms with Crippen molar-refractivity contribution in [3.8, 4) is 23.0 Å². The van der Waals surface area contributed by atoms with Crippen LogP contribution in [0.2, 0.25) is 0 Å². The molecule has 98 valence electrons. The molecule has 0 aliphatic carbocycles. The highest BCUT2D eigenvalue weighted by Gasteiger charge is 2.07. The van der Waals surface area contributed by atoms with Crippen LogP contribution in [-0.2, 0) is 0 Å². The minimum absolute atomic E-state index is 0.321. The molecular formula is C15H12N4O. The monoisotopic (exact) mass is 264 g/mol. The summed E-state index contributed by atoms with van der Waals surface area (Å²) in [5.41, 5.74) is 2.89. The van der Waals surface area contributed by atoms with E-state index in [1.54, 1.807) is 37.1 Å².